The van der Waals surface area contributed by atoms with E-state index in [2.05, 4.69) is 26.8 Å². The highest BCUT2D eigenvalue weighted by Gasteiger charge is 2.39. The molecule has 0 spiro atoms. The lowest BCUT2D eigenvalue weighted by Gasteiger charge is -2.44. The molecule has 5 aromatic carbocycles. The topological polar surface area (TPSA) is 164 Å². The van der Waals surface area contributed by atoms with Crippen LogP contribution >= 0.6 is 0 Å². The van der Waals surface area contributed by atoms with Gasteiger partial charge in [-0.05, 0) is 66.4 Å². The van der Waals surface area contributed by atoms with E-state index in [1.807, 2.05) is 73.7 Å². The summed E-state index contributed by atoms with van der Waals surface area (Å²) in [6, 6.07) is 36.2. The lowest BCUT2D eigenvalue weighted by atomic mass is 9.90. The van der Waals surface area contributed by atoms with Crippen LogP contribution < -0.4 is 14.9 Å². The first-order valence-corrected chi connectivity index (χ1v) is 21.2. The molecule has 5 aromatic rings. The van der Waals surface area contributed by atoms with Crippen LogP contribution in [-0.2, 0) is 37.3 Å². The van der Waals surface area contributed by atoms with Crippen LogP contribution in [0.4, 0.5) is 17.1 Å². The summed E-state index contributed by atoms with van der Waals surface area (Å²) < 4.78 is 42.8. The van der Waals surface area contributed by atoms with Crippen molar-refractivity contribution in [3.8, 4) is 0 Å². The number of benzene rings is 5. The van der Waals surface area contributed by atoms with Gasteiger partial charge >= 0.3 is 0 Å². The van der Waals surface area contributed by atoms with Gasteiger partial charge in [-0.15, -0.1) is 0 Å². The third-order valence-corrected chi connectivity index (χ3v) is 12.5. The minimum Gasteiger partial charge on any atom is -0.392 e. The van der Waals surface area contributed by atoms with Crippen LogP contribution in [0, 0.1) is 23.0 Å². The first-order chi connectivity index (χ1) is 28.4. The fourth-order valence-corrected chi connectivity index (χ4v) is 8.72. The Morgan fingerprint density at radius 3 is 2.10 bits per heavy atom. The Balaban J connectivity index is 1.05. The number of hydrogen-bond acceptors (Lipinski definition) is 10. The number of anilines is 2. The Kier molecular flexibility index (Phi) is 13.2. The molecule has 0 bridgehead atoms. The van der Waals surface area contributed by atoms with Gasteiger partial charge in [-0.3, -0.25) is 19.8 Å². The second-order valence-electron chi connectivity index (χ2n) is 15.2. The molecule has 5 atom stereocenters. The van der Waals surface area contributed by atoms with Crippen LogP contribution in [0.15, 0.2) is 132 Å². The van der Waals surface area contributed by atoms with E-state index < -0.39 is 33.2 Å². The fraction of sp³-hybridized carbons (Fsp3) is 0.311. The van der Waals surface area contributed by atoms with E-state index in [0.717, 1.165) is 59.7 Å². The molecule has 2 aliphatic heterocycles. The Morgan fingerprint density at radius 1 is 0.831 bits per heavy atom. The van der Waals surface area contributed by atoms with E-state index in [1.54, 1.807) is 36.4 Å². The van der Waals surface area contributed by atoms with Crippen LogP contribution in [-0.4, -0.2) is 74.1 Å². The molecular formula is C45H49N5O8S. The lowest BCUT2D eigenvalue weighted by Crippen LogP contribution is -2.51. The minimum atomic E-state index is -4.01. The number of carbonyl (C=O) groups is 1. The van der Waals surface area contributed by atoms with E-state index in [1.165, 1.54) is 24.3 Å². The molecular weight excluding hydrogens is 771 g/mol. The SMILES string of the molecule is Cc1ccc(S(=O)(=O)N[C@H](Cc2ccccc2)C(=O)Nc2ccc([C@@H]3O[C@H](CN4CCN(c5ccc([N+](=O)[O-])cc5)CC4)[C@H](C)[C@H](c4ccc(CO)cc4)O3)cc2)cc1. The molecule has 0 aromatic heterocycles. The van der Waals surface area contributed by atoms with Crippen molar-refractivity contribution < 1.29 is 32.7 Å². The standard InChI is InChI=1S/C45H49N5O8S/c1-31-8-22-40(23-9-31)59(55,56)47-41(28-33-6-4-3-5-7-33)44(52)46-37-16-14-36(15-17-37)45-57-42(32(2)43(58-45)35-12-10-34(30-51)11-13-35)29-48-24-26-49(27-25-48)38-18-20-39(21-19-38)50(53)54/h3-23,32,41-43,45,47,51H,24-30H2,1-2H3,(H,46,52)/t32-,41+,42+,43+,45+/m0/s1. The predicted molar refractivity (Wildman–Crippen MR) is 225 cm³/mol. The Morgan fingerprint density at radius 2 is 1.47 bits per heavy atom. The monoisotopic (exact) mass is 819 g/mol. The van der Waals surface area contributed by atoms with E-state index in [4.69, 9.17) is 9.47 Å². The number of aliphatic hydroxyl groups is 1. The normalized spacial score (nSPS) is 20.5. The summed E-state index contributed by atoms with van der Waals surface area (Å²) >= 11 is 0. The molecule has 1 amide bonds. The number of aryl methyl sites for hydroxylation is 1. The van der Waals surface area contributed by atoms with Crippen molar-refractivity contribution >= 4 is 33.0 Å². The van der Waals surface area contributed by atoms with E-state index in [9.17, 15) is 28.4 Å². The second kappa shape index (κ2) is 18.6. The van der Waals surface area contributed by atoms with Gasteiger partial charge in [0.2, 0.25) is 15.9 Å². The Hall–Kier alpha value is -5.48. The van der Waals surface area contributed by atoms with E-state index in [-0.39, 0.29) is 41.7 Å². The number of rotatable bonds is 14. The molecule has 2 fully saturated rings. The number of ether oxygens (including phenoxy) is 2. The maximum absolute atomic E-state index is 13.8. The molecule has 308 valence electrons. The smallest absolute Gasteiger partial charge is 0.269 e. The minimum absolute atomic E-state index is 0.0253. The number of hydrogen-bond donors (Lipinski definition) is 3. The molecule has 7 rings (SSSR count). The maximum atomic E-state index is 13.8. The van der Waals surface area contributed by atoms with Gasteiger partial charge in [0.05, 0.1) is 28.6 Å². The first-order valence-electron chi connectivity index (χ1n) is 19.7. The van der Waals surface area contributed by atoms with Crippen molar-refractivity contribution in [3.63, 3.8) is 0 Å². The number of nitrogens with zero attached hydrogens (tertiary/aromatic N) is 3. The first kappa shape index (κ1) is 41.7. The fourth-order valence-electron chi connectivity index (χ4n) is 7.52. The highest BCUT2D eigenvalue weighted by Crippen LogP contribution is 2.42. The maximum Gasteiger partial charge on any atom is 0.269 e. The zero-order valence-corrected chi connectivity index (χ0v) is 33.8. The van der Waals surface area contributed by atoms with Crippen LogP contribution in [0.25, 0.3) is 0 Å². The number of amides is 1. The van der Waals surface area contributed by atoms with Crippen LogP contribution in [0.3, 0.4) is 0 Å². The van der Waals surface area contributed by atoms with Gasteiger partial charge in [0.1, 0.15) is 6.04 Å². The largest absolute Gasteiger partial charge is 0.392 e. The molecule has 2 saturated heterocycles. The van der Waals surface area contributed by atoms with Gasteiger partial charge in [0.25, 0.3) is 5.69 Å². The molecule has 14 heteroatoms. The number of aliphatic hydroxyl groups excluding tert-OH is 1. The van der Waals surface area contributed by atoms with Crippen molar-refractivity contribution in [2.75, 3.05) is 42.9 Å². The van der Waals surface area contributed by atoms with Gasteiger partial charge in [0.15, 0.2) is 6.29 Å². The van der Waals surface area contributed by atoms with E-state index in [0.29, 0.717) is 12.2 Å². The highest BCUT2D eigenvalue weighted by atomic mass is 32.2. The molecule has 59 heavy (non-hydrogen) atoms. The van der Waals surface area contributed by atoms with Crippen molar-refractivity contribution in [2.45, 2.75) is 56.3 Å². The number of sulfonamides is 1. The Labute approximate surface area is 344 Å². The molecule has 0 saturated carbocycles. The molecule has 0 unspecified atom stereocenters. The van der Waals surface area contributed by atoms with Crippen molar-refractivity contribution in [1.29, 1.82) is 0 Å². The summed E-state index contributed by atoms with van der Waals surface area (Å²) in [6.07, 6.45) is -1.10. The quantitative estimate of drug-likeness (QED) is 0.0829. The summed E-state index contributed by atoms with van der Waals surface area (Å²) in [4.78, 5) is 29.2. The number of carbonyl (C=O) groups excluding carboxylic acids is 1. The van der Waals surface area contributed by atoms with E-state index >= 15 is 0 Å². The average molecular weight is 820 g/mol. The summed E-state index contributed by atoms with van der Waals surface area (Å²) in [5.41, 5.74) is 5.75. The van der Waals surface area contributed by atoms with Gasteiger partial charge in [-0.2, -0.15) is 4.72 Å². The van der Waals surface area contributed by atoms with Gasteiger partial charge in [-0.1, -0.05) is 91.3 Å². The number of nitro benzene ring substituents is 1. The lowest BCUT2D eigenvalue weighted by molar-refractivity contribution is -0.384. The summed E-state index contributed by atoms with van der Waals surface area (Å²) in [5.74, 6) is -0.529. The summed E-state index contributed by atoms with van der Waals surface area (Å²) in [5, 5.41) is 23.7. The molecule has 0 aliphatic carbocycles. The molecule has 2 heterocycles. The van der Waals surface area contributed by atoms with Crippen molar-refractivity contribution in [1.82, 2.24) is 9.62 Å². The zero-order valence-electron chi connectivity index (χ0n) is 33.0. The van der Waals surface area contributed by atoms with Crippen molar-refractivity contribution in [2.24, 2.45) is 5.92 Å². The third-order valence-electron chi connectivity index (χ3n) is 11.0. The number of piperazine rings is 1. The van der Waals surface area contributed by atoms with Gasteiger partial charge in [0, 0.05) is 67.7 Å². The molecule has 3 N–H and O–H groups in total. The molecule has 13 nitrogen and oxygen atoms in total. The number of nitro groups is 1. The van der Waals surface area contributed by atoms with Crippen molar-refractivity contribution in [3.05, 3.63) is 165 Å². The molecule has 0 radical (unpaired) electrons. The number of nitrogens with one attached hydrogen (secondary N) is 2. The van der Waals surface area contributed by atoms with Crippen LogP contribution in [0.2, 0.25) is 0 Å². The zero-order chi connectivity index (χ0) is 41.5. The molecule has 2 aliphatic rings. The van der Waals surface area contributed by atoms with Gasteiger partial charge < -0.3 is 24.8 Å². The Bertz CT molecular complexity index is 2290. The van der Waals surface area contributed by atoms with Gasteiger partial charge in [-0.25, -0.2) is 8.42 Å². The summed E-state index contributed by atoms with van der Waals surface area (Å²) in [6.45, 7) is 7.69. The summed E-state index contributed by atoms with van der Waals surface area (Å²) in [7, 11) is -4.01. The second-order valence-corrected chi connectivity index (χ2v) is 16.9. The predicted octanol–water partition coefficient (Wildman–Crippen LogP) is 6.54. The van der Waals surface area contributed by atoms with Crippen LogP contribution in [0.1, 0.15) is 47.1 Å². The number of non-ortho nitro benzene ring substituents is 1. The highest BCUT2D eigenvalue weighted by molar-refractivity contribution is 7.89. The van der Waals surface area contributed by atoms with Crippen LogP contribution in [0.5, 0.6) is 0 Å². The average Bonchev–Trinajstić information content (AvgIpc) is 3.25. The third kappa shape index (κ3) is 10.4.